The fourth-order valence-corrected chi connectivity index (χ4v) is 2.02. The van der Waals surface area contributed by atoms with Crippen molar-refractivity contribution in [2.45, 2.75) is 11.4 Å². The van der Waals surface area contributed by atoms with E-state index in [1.165, 1.54) is 0 Å². The Kier molecular flexibility index (Phi) is 4.29. The molecular weight excluding hydrogens is 333 g/mol. The van der Waals surface area contributed by atoms with Crippen molar-refractivity contribution in [1.29, 1.82) is 0 Å². The molecule has 1 heterocycles. The molecule has 8 nitrogen and oxygen atoms in total. The van der Waals surface area contributed by atoms with Crippen molar-refractivity contribution in [3.05, 3.63) is 16.3 Å². The van der Waals surface area contributed by atoms with Crippen molar-refractivity contribution in [3.63, 3.8) is 0 Å². The van der Waals surface area contributed by atoms with E-state index in [2.05, 4.69) is 14.5 Å². The van der Waals surface area contributed by atoms with E-state index in [0.29, 0.717) is 6.20 Å². The molecule has 0 radical (unpaired) electrons. The second kappa shape index (κ2) is 5.28. The standard InChI is InChI=1S/C7H4ClF3N2O6S/c1-18-3-2-12-6(20(8,16)17)5(4(3)13(14)15)19-7(9,10)11/h2H,1H3. The summed E-state index contributed by atoms with van der Waals surface area (Å²) in [6.45, 7) is 0. The van der Waals surface area contributed by atoms with E-state index in [-0.39, 0.29) is 0 Å². The molecule has 0 amide bonds. The Balaban J connectivity index is 3.73. The van der Waals surface area contributed by atoms with Crippen LogP contribution in [-0.2, 0) is 9.05 Å². The van der Waals surface area contributed by atoms with Crippen LogP contribution in [0.5, 0.6) is 11.5 Å². The highest BCUT2D eigenvalue weighted by molar-refractivity contribution is 8.13. The normalized spacial score (nSPS) is 12.1. The van der Waals surface area contributed by atoms with Gasteiger partial charge in [0.05, 0.1) is 18.2 Å². The van der Waals surface area contributed by atoms with Gasteiger partial charge in [-0.2, -0.15) is 0 Å². The maximum atomic E-state index is 12.2. The molecule has 0 saturated carbocycles. The van der Waals surface area contributed by atoms with Crippen LogP contribution >= 0.6 is 10.7 Å². The van der Waals surface area contributed by atoms with E-state index in [1.807, 2.05) is 0 Å². The number of nitrogens with zero attached hydrogens (tertiary/aromatic N) is 2. The zero-order chi connectivity index (χ0) is 15.7. The van der Waals surface area contributed by atoms with Crippen LogP contribution in [0.1, 0.15) is 0 Å². The van der Waals surface area contributed by atoms with Gasteiger partial charge in [-0.1, -0.05) is 0 Å². The van der Waals surface area contributed by atoms with Gasteiger partial charge in [-0.25, -0.2) is 13.4 Å². The molecule has 13 heteroatoms. The first kappa shape index (κ1) is 16.2. The van der Waals surface area contributed by atoms with Gasteiger partial charge >= 0.3 is 12.0 Å². The van der Waals surface area contributed by atoms with Crippen molar-refractivity contribution < 1.29 is 36.0 Å². The fourth-order valence-electron chi connectivity index (χ4n) is 1.15. The largest absolute Gasteiger partial charge is 0.573 e. The van der Waals surface area contributed by atoms with Crippen molar-refractivity contribution in [2.24, 2.45) is 0 Å². The number of halogens is 4. The summed E-state index contributed by atoms with van der Waals surface area (Å²) in [7, 11) is 0.966. The summed E-state index contributed by atoms with van der Waals surface area (Å²) < 4.78 is 66.7. The Hall–Kier alpha value is -1.82. The number of ether oxygens (including phenoxy) is 2. The molecule has 0 N–H and O–H groups in total. The van der Waals surface area contributed by atoms with Crippen LogP contribution in [0.25, 0.3) is 0 Å². The Labute approximate surface area is 113 Å². The highest BCUT2D eigenvalue weighted by Crippen LogP contribution is 2.43. The minimum absolute atomic E-state index is 0.538. The van der Waals surface area contributed by atoms with Crippen LogP contribution in [0, 0.1) is 10.1 Å². The summed E-state index contributed by atoms with van der Waals surface area (Å²) in [5, 5.41) is 9.34. The lowest BCUT2D eigenvalue weighted by Gasteiger charge is -2.12. The third-order valence-corrected chi connectivity index (χ3v) is 2.98. The monoisotopic (exact) mass is 336 g/mol. The van der Waals surface area contributed by atoms with Gasteiger partial charge in [-0.3, -0.25) is 10.1 Å². The molecule has 1 aromatic heterocycles. The Morgan fingerprint density at radius 1 is 1.45 bits per heavy atom. The van der Waals surface area contributed by atoms with Crippen LogP contribution in [0.2, 0.25) is 0 Å². The van der Waals surface area contributed by atoms with Gasteiger partial charge in [0.25, 0.3) is 9.05 Å². The number of hydrogen-bond donors (Lipinski definition) is 0. The van der Waals surface area contributed by atoms with Crippen LogP contribution in [0.4, 0.5) is 18.9 Å². The number of methoxy groups -OCH3 is 1. The topological polar surface area (TPSA) is 109 Å². The quantitative estimate of drug-likeness (QED) is 0.468. The lowest BCUT2D eigenvalue weighted by atomic mass is 10.3. The first-order valence-electron chi connectivity index (χ1n) is 4.39. The lowest BCUT2D eigenvalue weighted by molar-refractivity contribution is -0.390. The molecule has 0 aliphatic rings. The van der Waals surface area contributed by atoms with Gasteiger partial charge in [0.1, 0.15) is 0 Å². The smallest absolute Gasteiger partial charge is 0.489 e. The number of alkyl halides is 3. The summed E-state index contributed by atoms with van der Waals surface area (Å²) in [6, 6.07) is 0. The molecule has 0 aromatic carbocycles. The number of aromatic nitrogens is 1. The molecule has 0 bridgehead atoms. The highest BCUT2D eigenvalue weighted by Gasteiger charge is 2.41. The van der Waals surface area contributed by atoms with Gasteiger partial charge in [-0.05, 0) is 0 Å². The number of pyridine rings is 1. The average molecular weight is 337 g/mol. The summed E-state index contributed by atoms with van der Waals surface area (Å²) in [5.74, 6) is -2.39. The van der Waals surface area contributed by atoms with Gasteiger partial charge in [0.2, 0.25) is 16.5 Å². The predicted molar refractivity (Wildman–Crippen MR) is 57.2 cm³/mol. The summed E-state index contributed by atoms with van der Waals surface area (Å²) in [5.41, 5.74) is -1.36. The molecule has 0 fully saturated rings. The fraction of sp³-hybridized carbons (Fsp3) is 0.286. The lowest BCUT2D eigenvalue weighted by Crippen LogP contribution is -2.20. The molecule has 0 unspecified atom stereocenters. The summed E-state index contributed by atoms with van der Waals surface area (Å²) >= 11 is 0. The molecule has 0 aliphatic heterocycles. The third-order valence-electron chi connectivity index (χ3n) is 1.79. The Morgan fingerprint density at radius 3 is 2.35 bits per heavy atom. The molecular formula is C7H4ClF3N2O6S. The predicted octanol–water partition coefficient (Wildman–Crippen LogP) is 1.82. The highest BCUT2D eigenvalue weighted by atomic mass is 35.7. The zero-order valence-electron chi connectivity index (χ0n) is 9.34. The van der Waals surface area contributed by atoms with Crippen molar-refractivity contribution >= 4 is 25.4 Å². The first-order valence-corrected chi connectivity index (χ1v) is 6.70. The third kappa shape index (κ3) is 3.60. The molecule has 1 aromatic rings. The minimum Gasteiger partial charge on any atom is -0.489 e. The molecule has 1 rings (SSSR count). The van der Waals surface area contributed by atoms with E-state index < -0.39 is 42.5 Å². The number of nitro groups is 1. The second-order valence-corrected chi connectivity index (χ2v) is 5.53. The van der Waals surface area contributed by atoms with Gasteiger partial charge in [0, 0.05) is 10.7 Å². The minimum atomic E-state index is -5.39. The van der Waals surface area contributed by atoms with Crippen LogP contribution in [-0.4, -0.2) is 31.8 Å². The number of hydrogen-bond acceptors (Lipinski definition) is 7. The molecule has 0 aliphatic carbocycles. The Morgan fingerprint density at radius 2 is 2.00 bits per heavy atom. The van der Waals surface area contributed by atoms with Crippen LogP contribution < -0.4 is 9.47 Å². The van der Waals surface area contributed by atoms with E-state index >= 15 is 0 Å². The van der Waals surface area contributed by atoms with E-state index in [9.17, 15) is 31.7 Å². The van der Waals surface area contributed by atoms with Gasteiger partial charge < -0.3 is 9.47 Å². The maximum Gasteiger partial charge on any atom is 0.573 e. The zero-order valence-corrected chi connectivity index (χ0v) is 10.9. The van der Waals surface area contributed by atoms with Crippen LogP contribution in [0.15, 0.2) is 11.2 Å². The summed E-state index contributed by atoms with van der Waals surface area (Å²) in [4.78, 5) is 12.5. The SMILES string of the molecule is COc1cnc(S(=O)(=O)Cl)c(OC(F)(F)F)c1[N+](=O)[O-]. The van der Waals surface area contributed by atoms with Gasteiger partial charge in [-0.15, -0.1) is 13.2 Å². The van der Waals surface area contributed by atoms with Crippen molar-refractivity contribution in [3.8, 4) is 11.5 Å². The van der Waals surface area contributed by atoms with Crippen LogP contribution in [0.3, 0.4) is 0 Å². The molecule has 0 atom stereocenters. The number of rotatable bonds is 4. The van der Waals surface area contributed by atoms with Crippen molar-refractivity contribution in [2.75, 3.05) is 7.11 Å². The molecule has 112 valence electrons. The first-order chi connectivity index (χ1) is 8.97. The molecule has 0 spiro atoms. The van der Waals surface area contributed by atoms with Gasteiger partial charge in [0.15, 0.2) is 0 Å². The summed E-state index contributed by atoms with van der Waals surface area (Å²) in [6.07, 6.45) is -4.86. The second-order valence-electron chi connectivity index (χ2n) is 3.05. The Bertz CT molecular complexity index is 647. The van der Waals surface area contributed by atoms with E-state index in [1.54, 1.807) is 0 Å². The van der Waals surface area contributed by atoms with Crippen molar-refractivity contribution in [1.82, 2.24) is 4.98 Å². The average Bonchev–Trinajstić information content (AvgIpc) is 2.23. The maximum absolute atomic E-state index is 12.2. The van der Waals surface area contributed by atoms with E-state index in [4.69, 9.17) is 10.7 Å². The van der Waals surface area contributed by atoms with E-state index in [0.717, 1.165) is 7.11 Å². The molecule has 20 heavy (non-hydrogen) atoms. The molecule has 0 saturated heterocycles.